The second kappa shape index (κ2) is 3.73. The third kappa shape index (κ3) is 1.98. The van der Waals surface area contributed by atoms with E-state index in [0.29, 0.717) is 18.1 Å². The summed E-state index contributed by atoms with van der Waals surface area (Å²) in [6.45, 7) is 2.35. The monoisotopic (exact) mass is 205 g/mol. The quantitative estimate of drug-likeness (QED) is 0.814. The summed E-state index contributed by atoms with van der Waals surface area (Å²) in [5, 5.41) is 0. The maximum absolute atomic E-state index is 13.4. The van der Waals surface area contributed by atoms with Gasteiger partial charge in [-0.25, -0.2) is 9.37 Å². The van der Waals surface area contributed by atoms with E-state index in [2.05, 4.69) is 4.98 Å². The predicted octanol–water partition coefficient (Wildman–Crippen LogP) is 1.96. The SMILES string of the molecule is Cc1ccc(F)c(Cn2ccnc2N)c1. The number of rotatable bonds is 2. The molecule has 0 aliphatic heterocycles. The summed E-state index contributed by atoms with van der Waals surface area (Å²) in [7, 11) is 0. The van der Waals surface area contributed by atoms with Gasteiger partial charge in [-0.15, -0.1) is 0 Å². The molecule has 15 heavy (non-hydrogen) atoms. The van der Waals surface area contributed by atoms with Gasteiger partial charge in [0.05, 0.1) is 6.54 Å². The lowest BCUT2D eigenvalue weighted by molar-refractivity contribution is 0.600. The van der Waals surface area contributed by atoms with Crippen molar-refractivity contribution in [1.82, 2.24) is 9.55 Å². The molecule has 78 valence electrons. The number of hydrogen-bond donors (Lipinski definition) is 1. The van der Waals surface area contributed by atoms with Gasteiger partial charge in [-0.2, -0.15) is 0 Å². The molecule has 0 bridgehead atoms. The van der Waals surface area contributed by atoms with Crippen molar-refractivity contribution in [3.8, 4) is 0 Å². The zero-order valence-corrected chi connectivity index (χ0v) is 8.44. The Morgan fingerprint density at radius 3 is 2.93 bits per heavy atom. The van der Waals surface area contributed by atoms with Crippen molar-refractivity contribution in [3.05, 3.63) is 47.5 Å². The lowest BCUT2D eigenvalue weighted by Crippen LogP contribution is -2.05. The molecule has 2 N–H and O–H groups in total. The zero-order chi connectivity index (χ0) is 10.8. The maximum atomic E-state index is 13.4. The molecule has 0 atom stereocenters. The van der Waals surface area contributed by atoms with Gasteiger partial charge in [-0.1, -0.05) is 17.7 Å². The highest BCUT2D eigenvalue weighted by Crippen LogP contribution is 2.13. The number of hydrogen-bond acceptors (Lipinski definition) is 2. The average molecular weight is 205 g/mol. The Morgan fingerprint density at radius 2 is 2.27 bits per heavy atom. The number of aromatic nitrogens is 2. The first-order valence-electron chi connectivity index (χ1n) is 4.68. The van der Waals surface area contributed by atoms with Crippen LogP contribution in [0.1, 0.15) is 11.1 Å². The minimum atomic E-state index is -0.214. The molecule has 1 aromatic heterocycles. The van der Waals surface area contributed by atoms with Crippen molar-refractivity contribution in [2.24, 2.45) is 0 Å². The number of anilines is 1. The highest BCUT2D eigenvalue weighted by molar-refractivity contribution is 5.26. The lowest BCUT2D eigenvalue weighted by atomic mass is 10.1. The first-order valence-corrected chi connectivity index (χ1v) is 4.68. The van der Waals surface area contributed by atoms with E-state index in [4.69, 9.17) is 5.73 Å². The second-order valence-corrected chi connectivity index (χ2v) is 3.51. The zero-order valence-electron chi connectivity index (χ0n) is 8.44. The highest BCUT2D eigenvalue weighted by atomic mass is 19.1. The molecular formula is C11H12FN3. The smallest absolute Gasteiger partial charge is 0.200 e. The Hall–Kier alpha value is -1.84. The molecule has 0 amide bonds. The summed E-state index contributed by atoms with van der Waals surface area (Å²) in [6.07, 6.45) is 3.33. The van der Waals surface area contributed by atoms with Crippen LogP contribution in [0.4, 0.5) is 10.3 Å². The normalized spacial score (nSPS) is 10.5. The van der Waals surface area contributed by atoms with E-state index in [9.17, 15) is 4.39 Å². The molecule has 2 rings (SSSR count). The van der Waals surface area contributed by atoms with E-state index >= 15 is 0 Å². The van der Waals surface area contributed by atoms with E-state index < -0.39 is 0 Å². The van der Waals surface area contributed by atoms with Crippen molar-refractivity contribution in [2.75, 3.05) is 5.73 Å². The molecule has 0 fully saturated rings. The molecular weight excluding hydrogens is 193 g/mol. The Labute approximate surface area is 87.4 Å². The number of aryl methyl sites for hydroxylation is 1. The summed E-state index contributed by atoms with van der Waals surface area (Å²) in [5.41, 5.74) is 7.26. The average Bonchev–Trinajstić information content (AvgIpc) is 2.58. The van der Waals surface area contributed by atoms with Gasteiger partial charge in [0, 0.05) is 18.0 Å². The standard InChI is InChI=1S/C11H12FN3/c1-8-2-3-10(12)9(6-8)7-15-5-4-14-11(15)13/h2-6H,7H2,1H3,(H2,13,14). The van der Waals surface area contributed by atoms with Gasteiger partial charge in [0.25, 0.3) is 0 Å². The van der Waals surface area contributed by atoms with Gasteiger partial charge in [0.2, 0.25) is 0 Å². The van der Waals surface area contributed by atoms with Crippen LogP contribution in [0.2, 0.25) is 0 Å². The number of halogens is 1. The minimum absolute atomic E-state index is 0.214. The van der Waals surface area contributed by atoms with Crippen molar-refractivity contribution in [1.29, 1.82) is 0 Å². The van der Waals surface area contributed by atoms with Crippen molar-refractivity contribution in [2.45, 2.75) is 13.5 Å². The largest absolute Gasteiger partial charge is 0.369 e. The van der Waals surface area contributed by atoms with Crippen LogP contribution in [0, 0.1) is 12.7 Å². The molecule has 2 aromatic rings. The number of nitrogens with two attached hydrogens (primary N) is 1. The third-order valence-electron chi connectivity index (χ3n) is 2.29. The van der Waals surface area contributed by atoms with E-state index in [1.807, 2.05) is 13.0 Å². The minimum Gasteiger partial charge on any atom is -0.369 e. The summed E-state index contributed by atoms with van der Waals surface area (Å²) < 4.78 is 15.1. The first-order chi connectivity index (χ1) is 7.16. The van der Waals surface area contributed by atoms with Crippen LogP contribution < -0.4 is 5.73 Å². The number of nitrogens with zero attached hydrogens (tertiary/aromatic N) is 2. The van der Waals surface area contributed by atoms with Crippen molar-refractivity contribution in [3.63, 3.8) is 0 Å². The van der Waals surface area contributed by atoms with Crippen LogP contribution in [0.25, 0.3) is 0 Å². The third-order valence-corrected chi connectivity index (χ3v) is 2.29. The van der Waals surface area contributed by atoms with Crippen LogP contribution in [0.5, 0.6) is 0 Å². The maximum Gasteiger partial charge on any atom is 0.200 e. The molecule has 0 spiro atoms. The number of benzene rings is 1. The van der Waals surface area contributed by atoms with Gasteiger partial charge in [0.15, 0.2) is 5.95 Å². The summed E-state index contributed by atoms with van der Waals surface area (Å²) in [5.74, 6) is 0.185. The molecule has 1 aromatic carbocycles. The molecule has 0 aliphatic carbocycles. The summed E-state index contributed by atoms with van der Waals surface area (Å²) in [6, 6.07) is 5.03. The van der Waals surface area contributed by atoms with Gasteiger partial charge >= 0.3 is 0 Å². The van der Waals surface area contributed by atoms with Gasteiger partial charge in [-0.3, -0.25) is 0 Å². The van der Waals surface area contributed by atoms with E-state index in [0.717, 1.165) is 5.56 Å². The summed E-state index contributed by atoms with van der Waals surface area (Å²) in [4.78, 5) is 3.88. The van der Waals surface area contributed by atoms with Crippen LogP contribution in [0.3, 0.4) is 0 Å². The van der Waals surface area contributed by atoms with E-state index in [-0.39, 0.29) is 5.82 Å². The predicted molar refractivity (Wildman–Crippen MR) is 56.9 cm³/mol. The number of nitrogen functional groups attached to an aromatic ring is 1. The Balaban J connectivity index is 2.32. The fourth-order valence-corrected chi connectivity index (χ4v) is 1.48. The topological polar surface area (TPSA) is 43.8 Å². The van der Waals surface area contributed by atoms with Crippen LogP contribution in [-0.2, 0) is 6.54 Å². The molecule has 1 heterocycles. The molecule has 0 saturated carbocycles. The van der Waals surface area contributed by atoms with Crippen LogP contribution in [0.15, 0.2) is 30.6 Å². The first kappa shape index (κ1) is 9.71. The second-order valence-electron chi connectivity index (χ2n) is 3.51. The number of imidazole rings is 1. The van der Waals surface area contributed by atoms with Crippen molar-refractivity contribution < 1.29 is 4.39 Å². The highest BCUT2D eigenvalue weighted by Gasteiger charge is 2.04. The lowest BCUT2D eigenvalue weighted by Gasteiger charge is -2.06. The van der Waals surface area contributed by atoms with Crippen LogP contribution >= 0.6 is 0 Å². The molecule has 0 aliphatic rings. The molecule has 3 nitrogen and oxygen atoms in total. The Bertz CT molecular complexity index is 476. The van der Waals surface area contributed by atoms with Gasteiger partial charge in [0.1, 0.15) is 5.82 Å². The molecule has 4 heteroatoms. The van der Waals surface area contributed by atoms with E-state index in [1.165, 1.54) is 6.07 Å². The van der Waals surface area contributed by atoms with Crippen molar-refractivity contribution >= 4 is 5.95 Å². The van der Waals surface area contributed by atoms with Gasteiger partial charge < -0.3 is 10.3 Å². The fraction of sp³-hybridized carbons (Fsp3) is 0.182. The van der Waals surface area contributed by atoms with E-state index in [1.54, 1.807) is 23.0 Å². The van der Waals surface area contributed by atoms with Gasteiger partial charge in [-0.05, 0) is 13.0 Å². The molecule has 0 unspecified atom stereocenters. The Kier molecular flexibility index (Phi) is 2.41. The van der Waals surface area contributed by atoms with Crippen LogP contribution in [-0.4, -0.2) is 9.55 Å². The fourth-order valence-electron chi connectivity index (χ4n) is 1.48. The molecule has 0 radical (unpaired) electrons. The summed E-state index contributed by atoms with van der Waals surface area (Å²) >= 11 is 0. The Morgan fingerprint density at radius 1 is 1.47 bits per heavy atom. The molecule has 0 saturated heterocycles.